The zero-order chi connectivity index (χ0) is 13.3. The van der Waals surface area contributed by atoms with Crippen molar-refractivity contribution in [1.82, 2.24) is 4.90 Å². The average Bonchev–Trinajstić information content (AvgIpc) is 3.10. The highest BCUT2D eigenvalue weighted by Crippen LogP contribution is 2.36. The Hall–Kier alpha value is -0.0800. The topological polar surface area (TPSA) is 29.3 Å². The molecule has 2 aliphatic rings. The van der Waals surface area contributed by atoms with E-state index < -0.39 is 0 Å². The van der Waals surface area contributed by atoms with Gasteiger partial charge in [0.15, 0.2) is 0 Å². The molecule has 2 N–H and O–H groups in total. The van der Waals surface area contributed by atoms with E-state index in [1.54, 1.807) is 0 Å². The van der Waals surface area contributed by atoms with Gasteiger partial charge in [0.25, 0.3) is 0 Å². The van der Waals surface area contributed by atoms with Crippen LogP contribution < -0.4 is 5.73 Å². The maximum Gasteiger partial charge on any atom is 0.0252 e. The highest BCUT2D eigenvalue weighted by molar-refractivity contribution is 4.93. The predicted molar refractivity (Wildman–Crippen MR) is 78.5 cm³/mol. The van der Waals surface area contributed by atoms with Gasteiger partial charge in [-0.25, -0.2) is 0 Å². The minimum atomic E-state index is 0.404. The molecule has 2 aliphatic carbocycles. The van der Waals surface area contributed by atoms with Crippen molar-refractivity contribution in [1.29, 1.82) is 0 Å². The molecule has 0 aromatic carbocycles. The average molecular weight is 252 g/mol. The summed E-state index contributed by atoms with van der Waals surface area (Å²) in [5.41, 5.74) is 6.43. The van der Waals surface area contributed by atoms with Gasteiger partial charge < -0.3 is 5.73 Å². The van der Waals surface area contributed by atoms with Crippen molar-refractivity contribution in [2.45, 2.75) is 77.9 Å². The summed E-state index contributed by atoms with van der Waals surface area (Å²) >= 11 is 0. The second-order valence-electron chi connectivity index (χ2n) is 7.28. The zero-order valence-electron chi connectivity index (χ0n) is 12.7. The first-order valence-corrected chi connectivity index (χ1v) is 8.00. The monoisotopic (exact) mass is 252 g/mol. The molecule has 2 rings (SSSR count). The van der Waals surface area contributed by atoms with Crippen LogP contribution >= 0.6 is 0 Å². The van der Waals surface area contributed by atoms with Crippen molar-refractivity contribution in [3.05, 3.63) is 0 Å². The van der Waals surface area contributed by atoms with Gasteiger partial charge in [0, 0.05) is 24.7 Å². The van der Waals surface area contributed by atoms with Gasteiger partial charge in [-0.15, -0.1) is 0 Å². The van der Waals surface area contributed by atoms with Gasteiger partial charge in [0.05, 0.1) is 0 Å². The van der Waals surface area contributed by atoms with Gasteiger partial charge in [-0.2, -0.15) is 0 Å². The summed E-state index contributed by atoms with van der Waals surface area (Å²) in [5.74, 6) is 2.67. The molecule has 2 fully saturated rings. The Bertz CT molecular complexity index is 258. The Morgan fingerprint density at radius 3 is 2.22 bits per heavy atom. The molecule has 0 amide bonds. The van der Waals surface area contributed by atoms with Crippen molar-refractivity contribution in [3.63, 3.8) is 0 Å². The molecule has 0 bridgehead atoms. The van der Waals surface area contributed by atoms with Crippen LogP contribution in [0.3, 0.4) is 0 Å². The van der Waals surface area contributed by atoms with Crippen molar-refractivity contribution >= 4 is 0 Å². The lowest BCUT2D eigenvalue weighted by Gasteiger charge is -2.44. The van der Waals surface area contributed by atoms with Crippen molar-refractivity contribution in [3.8, 4) is 0 Å². The SMILES string of the molecule is CC(C)C1CCC(N)C(N(CC2CC2)C(C)C)C1. The predicted octanol–water partition coefficient (Wildman–Crippen LogP) is 3.26. The Labute approximate surface area is 113 Å². The van der Waals surface area contributed by atoms with Crippen LogP contribution in [-0.2, 0) is 0 Å². The van der Waals surface area contributed by atoms with E-state index in [-0.39, 0.29) is 0 Å². The van der Waals surface area contributed by atoms with Crippen molar-refractivity contribution in [2.75, 3.05) is 6.54 Å². The van der Waals surface area contributed by atoms with Crippen LogP contribution in [-0.4, -0.2) is 29.6 Å². The third-order valence-corrected chi connectivity index (χ3v) is 5.11. The molecule has 0 aromatic rings. The van der Waals surface area contributed by atoms with Gasteiger partial charge in [-0.3, -0.25) is 4.90 Å². The summed E-state index contributed by atoms with van der Waals surface area (Å²) < 4.78 is 0. The van der Waals surface area contributed by atoms with Gasteiger partial charge in [-0.1, -0.05) is 13.8 Å². The number of hydrogen-bond acceptors (Lipinski definition) is 2. The normalized spacial score (nSPS) is 33.7. The maximum absolute atomic E-state index is 6.43. The highest BCUT2D eigenvalue weighted by atomic mass is 15.2. The molecular formula is C16H32N2. The second-order valence-corrected chi connectivity index (χ2v) is 7.28. The lowest BCUT2D eigenvalue weighted by molar-refractivity contribution is 0.0682. The summed E-state index contributed by atoms with van der Waals surface area (Å²) in [5, 5.41) is 0. The molecule has 3 unspecified atom stereocenters. The zero-order valence-corrected chi connectivity index (χ0v) is 12.7. The molecule has 2 saturated carbocycles. The van der Waals surface area contributed by atoms with Crippen LogP contribution in [0.1, 0.15) is 59.8 Å². The molecule has 0 heterocycles. The number of rotatable bonds is 5. The van der Waals surface area contributed by atoms with E-state index in [1.165, 1.54) is 38.6 Å². The van der Waals surface area contributed by atoms with E-state index in [0.717, 1.165) is 17.8 Å². The van der Waals surface area contributed by atoms with Crippen LogP contribution in [0.4, 0.5) is 0 Å². The Morgan fingerprint density at radius 1 is 1.06 bits per heavy atom. The minimum Gasteiger partial charge on any atom is -0.326 e. The molecule has 0 aliphatic heterocycles. The third-order valence-electron chi connectivity index (χ3n) is 5.11. The fourth-order valence-electron chi connectivity index (χ4n) is 3.52. The maximum atomic E-state index is 6.43. The van der Waals surface area contributed by atoms with Crippen LogP contribution in [0.5, 0.6) is 0 Å². The smallest absolute Gasteiger partial charge is 0.0252 e. The van der Waals surface area contributed by atoms with Crippen LogP contribution in [0.15, 0.2) is 0 Å². The van der Waals surface area contributed by atoms with Crippen LogP contribution in [0.25, 0.3) is 0 Å². The van der Waals surface area contributed by atoms with E-state index >= 15 is 0 Å². The summed E-state index contributed by atoms with van der Waals surface area (Å²) in [4.78, 5) is 2.72. The molecule has 2 nitrogen and oxygen atoms in total. The van der Waals surface area contributed by atoms with Crippen molar-refractivity contribution < 1.29 is 0 Å². The first-order valence-electron chi connectivity index (χ1n) is 8.00. The second kappa shape index (κ2) is 5.92. The summed E-state index contributed by atoms with van der Waals surface area (Å²) in [6.07, 6.45) is 6.77. The lowest BCUT2D eigenvalue weighted by Crippen LogP contribution is -2.54. The van der Waals surface area contributed by atoms with Gasteiger partial charge in [-0.05, 0) is 63.7 Å². The summed E-state index contributed by atoms with van der Waals surface area (Å²) in [6, 6.07) is 1.68. The third kappa shape index (κ3) is 3.48. The number of nitrogens with zero attached hydrogens (tertiary/aromatic N) is 1. The largest absolute Gasteiger partial charge is 0.326 e. The summed E-state index contributed by atoms with van der Waals surface area (Å²) in [7, 11) is 0. The molecular weight excluding hydrogens is 220 g/mol. The Kier molecular flexibility index (Phi) is 4.71. The fraction of sp³-hybridized carbons (Fsp3) is 1.00. The molecule has 106 valence electrons. The van der Waals surface area contributed by atoms with E-state index in [9.17, 15) is 0 Å². The first kappa shape index (κ1) is 14.3. The Balaban J connectivity index is 2.00. The highest BCUT2D eigenvalue weighted by Gasteiger charge is 2.36. The molecule has 0 saturated heterocycles. The minimum absolute atomic E-state index is 0.404. The molecule has 18 heavy (non-hydrogen) atoms. The number of hydrogen-bond donors (Lipinski definition) is 1. The van der Waals surface area contributed by atoms with Gasteiger partial charge in [0.1, 0.15) is 0 Å². The lowest BCUT2D eigenvalue weighted by atomic mass is 9.76. The molecule has 0 aromatic heterocycles. The molecule has 2 heteroatoms. The molecule has 3 atom stereocenters. The van der Waals surface area contributed by atoms with E-state index in [4.69, 9.17) is 5.73 Å². The van der Waals surface area contributed by atoms with Crippen LogP contribution in [0, 0.1) is 17.8 Å². The first-order chi connectivity index (χ1) is 8.49. The fourth-order valence-corrected chi connectivity index (χ4v) is 3.52. The standard InChI is InChI=1S/C16H32N2/c1-11(2)14-7-8-15(17)16(9-14)18(12(3)4)10-13-5-6-13/h11-16H,5-10,17H2,1-4H3. The Morgan fingerprint density at radius 2 is 1.72 bits per heavy atom. The number of nitrogens with two attached hydrogens (primary N) is 1. The van der Waals surface area contributed by atoms with Crippen molar-refractivity contribution in [2.24, 2.45) is 23.5 Å². The van der Waals surface area contributed by atoms with E-state index in [1.807, 2.05) is 0 Å². The summed E-state index contributed by atoms with van der Waals surface area (Å²) in [6.45, 7) is 10.7. The van der Waals surface area contributed by atoms with Crippen LogP contribution in [0.2, 0.25) is 0 Å². The quantitative estimate of drug-likeness (QED) is 0.814. The molecule has 0 spiro atoms. The van der Waals surface area contributed by atoms with Gasteiger partial charge in [0.2, 0.25) is 0 Å². The van der Waals surface area contributed by atoms with E-state index in [2.05, 4.69) is 32.6 Å². The van der Waals surface area contributed by atoms with E-state index in [0.29, 0.717) is 18.1 Å². The van der Waals surface area contributed by atoms with Gasteiger partial charge >= 0.3 is 0 Å². The molecule has 0 radical (unpaired) electrons.